The Hall–Kier alpha value is -2.36. The molecular formula is C16H14FNO2. The maximum atomic E-state index is 13.3. The highest BCUT2D eigenvalue weighted by atomic mass is 19.1. The van der Waals surface area contributed by atoms with Crippen LogP contribution in [0.25, 0.3) is 0 Å². The average molecular weight is 271 g/mol. The van der Waals surface area contributed by atoms with Crippen molar-refractivity contribution in [3.8, 4) is 0 Å². The Morgan fingerprint density at radius 1 is 1.15 bits per heavy atom. The van der Waals surface area contributed by atoms with Crippen molar-refractivity contribution in [3.05, 3.63) is 65.5 Å². The van der Waals surface area contributed by atoms with Gasteiger partial charge in [0.25, 0.3) is 0 Å². The molecule has 0 radical (unpaired) electrons. The van der Waals surface area contributed by atoms with Gasteiger partial charge in [-0.05, 0) is 23.8 Å². The quantitative estimate of drug-likeness (QED) is 0.932. The molecule has 0 bridgehead atoms. The number of hydrogen-bond acceptors (Lipinski definition) is 2. The minimum atomic E-state index is -1.23. The summed E-state index contributed by atoms with van der Waals surface area (Å²) in [6.45, 7) is 1.66. The van der Waals surface area contributed by atoms with Crippen LogP contribution < -0.4 is 4.90 Å². The van der Waals surface area contributed by atoms with Gasteiger partial charge in [0.15, 0.2) is 0 Å². The van der Waals surface area contributed by atoms with Crippen LogP contribution in [0, 0.1) is 5.82 Å². The largest absolute Gasteiger partial charge is 0.478 e. The van der Waals surface area contributed by atoms with Gasteiger partial charge >= 0.3 is 5.97 Å². The Kier molecular flexibility index (Phi) is 3.14. The molecule has 3 rings (SSSR count). The fourth-order valence-corrected chi connectivity index (χ4v) is 2.50. The van der Waals surface area contributed by atoms with Crippen molar-refractivity contribution >= 4 is 11.7 Å². The van der Waals surface area contributed by atoms with Gasteiger partial charge in [0.2, 0.25) is 0 Å². The van der Waals surface area contributed by atoms with Crippen LogP contribution in [0.15, 0.2) is 48.5 Å². The number of benzene rings is 2. The van der Waals surface area contributed by atoms with Crippen molar-refractivity contribution in [1.29, 1.82) is 0 Å². The van der Waals surface area contributed by atoms with Crippen LogP contribution >= 0.6 is 0 Å². The van der Waals surface area contributed by atoms with E-state index in [4.69, 9.17) is 5.11 Å². The maximum Gasteiger partial charge on any atom is 0.338 e. The van der Waals surface area contributed by atoms with Crippen molar-refractivity contribution in [3.63, 3.8) is 0 Å². The second-order valence-corrected chi connectivity index (χ2v) is 4.98. The summed E-state index contributed by atoms with van der Waals surface area (Å²) in [6.07, 6.45) is 0. The summed E-state index contributed by atoms with van der Waals surface area (Å²) in [5.74, 6) is -1.47. The zero-order chi connectivity index (χ0) is 14.1. The van der Waals surface area contributed by atoms with Crippen molar-refractivity contribution in [2.75, 3.05) is 18.0 Å². The van der Waals surface area contributed by atoms with E-state index in [9.17, 15) is 9.18 Å². The molecule has 1 fully saturated rings. The molecule has 1 heterocycles. The molecule has 0 aromatic heterocycles. The van der Waals surface area contributed by atoms with Crippen LogP contribution in [0.3, 0.4) is 0 Å². The van der Waals surface area contributed by atoms with Gasteiger partial charge in [0.1, 0.15) is 5.82 Å². The van der Waals surface area contributed by atoms with E-state index in [2.05, 4.69) is 17.0 Å². The summed E-state index contributed by atoms with van der Waals surface area (Å²) < 4.78 is 13.3. The highest BCUT2D eigenvalue weighted by molar-refractivity contribution is 5.89. The molecule has 20 heavy (non-hydrogen) atoms. The lowest BCUT2D eigenvalue weighted by atomic mass is 9.91. The summed E-state index contributed by atoms with van der Waals surface area (Å²) >= 11 is 0. The van der Waals surface area contributed by atoms with Gasteiger partial charge < -0.3 is 10.0 Å². The molecule has 0 aliphatic carbocycles. The summed E-state index contributed by atoms with van der Waals surface area (Å²) in [4.78, 5) is 13.0. The van der Waals surface area contributed by atoms with Crippen LogP contribution in [-0.4, -0.2) is 24.2 Å². The maximum absolute atomic E-state index is 13.3. The number of halogens is 1. The van der Waals surface area contributed by atoms with E-state index >= 15 is 0 Å². The number of carbonyl (C=O) groups is 1. The van der Waals surface area contributed by atoms with E-state index in [-0.39, 0.29) is 5.56 Å². The lowest BCUT2D eigenvalue weighted by molar-refractivity contribution is 0.0692. The first-order chi connectivity index (χ1) is 9.65. The van der Waals surface area contributed by atoms with Crippen molar-refractivity contribution < 1.29 is 14.3 Å². The monoisotopic (exact) mass is 271 g/mol. The second-order valence-electron chi connectivity index (χ2n) is 4.98. The van der Waals surface area contributed by atoms with E-state index < -0.39 is 11.8 Å². The predicted octanol–water partition coefficient (Wildman–Crippen LogP) is 3.13. The number of nitrogens with zero attached hydrogens (tertiary/aromatic N) is 1. The molecule has 0 amide bonds. The highest BCUT2D eigenvalue weighted by Gasteiger charge is 2.28. The SMILES string of the molecule is O=C(O)c1cc(N2CC(c3ccccc3)C2)ccc1F. The number of anilines is 1. The standard InChI is InChI=1S/C16H14FNO2/c17-15-7-6-13(8-14(15)16(19)20)18-9-12(10-18)11-4-2-1-3-5-11/h1-8,12H,9-10H2,(H,19,20). The van der Waals surface area contributed by atoms with Crippen molar-refractivity contribution in [2.24, 2.45) is 0 Å². The van der Waals surface area contributed by atoms with E-state index in [0.717, 1.165) is 18.8 Å². The van der Waals surface area contributed by atoms with E-state index in [1.165, 1.54) is 17.7 Å². The molecule has 2 aromatic rings. The summed E-state index contributed by atoms with van der Waals surface area (Å²) in [7, 11) is 0. The smallest absolute Gasteiger partial charge is 0.338 e. The zero-order valence-electron chi connectivity index (χ0n) is 10.8. The normalized spacial score (nSPS) is 14.9. The Morgan fingerprint density at radius 2 is 1.85 bits per heavy atom. The minimum Gasteiger partial charge on any atom is -0.478 e. The highest BCUT2D eigenvalue weighted by Crippen LogP contribution is 2.32. The topological polar surface area (TPSA) is 40.5 Å². The molecule has 1 aliphatic rings. The molecule has 3 nitrogen and oxygen atoms in total. The molecule has 1 N–H and O–H groups in total. The summed E-state index contributed by atoms with van der Waals surface area (Å²) in [6, 6.07) is 14.4. The summed E-state index contributed by atoms with van der Waals surface area (Å²) in [5, 5.41) is 8.93. The number of aromatic carboxylic acids is 1. The molecule has 1 saturated heterocycles. The summed E-state index contributed by atoms with van der Waals surface area (Å²) in [5.41, 5.74) is 1.77. The van der Waals surface area contributed by atoms with Gasteiger partial charge in [-0.1, -0.05) is 30.3 Å². The van der Waals surface area contributed by atoms with Gasteiger partial charge in [-0.3, -0.25) is 0 Å². The number of hydrogen-bond donors (Lipinski definition) is 1. The number of carboxylic acids is 1. The average Bonchev–Trinajstić information content (AvgIpc) is 2.40. The van der Waals surface area contributed by atoms with Crippen LogP contribution in [0.1, 0.15) is 21.8 Å². The Bertz CT molecular complexity index is 636. The van der Waals surface area contributed by atoms with Crippen LogP contribution in [0.2, 0.25) is 0 Å². The lowest BCUT2D eigenvalue weighted by Gasteiger charge is -2.41. The Labute approximate surface area is 116 Å². The van der Waals surface area contributed by atoms with Gasteiger partial charge in [-0.2, -0.15) is 0 Å². The fourth-order valence-electron chi connectivity index (χ4n) is 2.50. The Balaban J connectivity index is 1.74. The molecule has 0 unspecified atom stereocenters. The predicted molar refractivity (Wildman–Crippen MR) is 74.8 cm³/mol. The van der Waals surface area contributed by atoms with E-state index in [1.54, 1.807) is 6.07 Å². The van der Waals surface area contributed by atoms with Gasteiger partial charge in [-0.25, -0.2) is 9.18 Å². The first-order valence-corrected chi connectivity index (χ1v) is 6.48. The van der Waals surface area contributed by atoms with Gasteiger partial charge in [-0.15, -0.1) is 0 Å². The first-order valence-electron chi connectivity index (χ1n) is 6.48. The molecule has 1 aliphatic heterocycles. The van der Waals surface area contributed by atoms with Crippen LogP contribution in [0.5, 0.6) is 0 Å². The zero-order valence-corrected chi connectivity index (χ0v) is 10.8. The molecule has 4 heteroatoms. The molecular weight excluding hydrogens is 257 g/mol. The fraction of sp³-hybridized carbons (Fsp3) is 0.188. The third kappa shape index (κ3) is 2.25. The molecule has 102 valence electrons. The third-order valence-electron chi connectivity index (χ3n) is 3.70. The molecule has 0 atom stereocenters. The van der Waals surface area contributed by atoms with E-state index in [1.807, 2.05) is 18.2 Å². The van der Waals surface area contributed by atoms with Gasteiger partial charge in [0.05, 0.1) is 5.56 Å². The second kappa shape index (κ2) is 4.96. The molecule has 0 saturated carbocycles. The van der Waals surface area contributed by atoms with Crippen molar-refractivity contribution in [1.82, 2.24) is 0 Å². The molecule has 0 spiro atoms. The van der Waals surface area contributed by atoms with Crippen molar-refractivity contribution in [2.45, 2.75) is 5.92 Å². The van der Waals surface area contributed by atoms with E-state index in [0.29, 0.717) is 5.92 Å². The minimum absolute atomic E-state index is 0.273. The van der Waals surface area contributed by atoms with Crippen LogP contribution in [0.4, 0.5) is 10.1 Å². The number of rotatable bonds is 3. The first kappa shape index (κ1) is 12.7. The Morgan fingerprint density at radius 3 is 2.50 bits per heavy atom. The molecule has 2 aromatic carbocycles. The van der Waals surface area contributed by atoms with Gasteiger partial charge in [0, 0.05) is 24.7 Å². The van der Waals surface area contributed by atoms with Crippen LogP contribution in [-0.2, 0) is 0 Å². The number of carboxylic acid groups (broad SMARTS) is 1. The lowest BCUT2D eigenvalue weighted by Crippen LogP contribution is -2.45. The third-order valence-corrected chi connectivity index (χ3v) is 3.70.